The summed E-state index contributed by atoms with van der Waals surface area (Å²) in [4.78, 5) is 10.1. The highest BCUT2D eigenvalue weighted by Gasteiger charge is 2.07. The molecule has 6 nitrogen and oxygen atoms in total. The van der Waals surface area contributed by atoms with Crippen molar-refractivity contribution in [2.24, 2.45) is 0 Å². The van der Waals surface area contributed by atoms with Gasteiger partial charge in [-0.2, -0.15) is 0 Å². The van der Waals surface area contributed by atoms with Crippen molar-refractivity contribution >= 4 is 17.1 Å². The molecule has 0 aliphatic rings. The normalized spacial score (nSPS) is 11.1. The van der Waals surface area contributed by atoms with Gasteiger partial charge in [-0.1, -0.05) is 6.08 Å². The average Bonchev–Trinajstić information content (AvgIpc) is 2.35. The number of nitrogens with zero attached hydrogens (tertiary/aromatic N) is 1. The zero-order valence-corrected chi connectivity index (χ0v) is 10.6. The molecule has 0 fully saturated rings. The zero-order valence-electron chi connectivity index (χ0n) is 10.6. The van der Waals surface area contributed by atoms with Crippen molar-refractivity contribution in [1.29, 1.82) is 0 Å². The van der Waals surface area contributed by atoms with Crippen LogP contribution in [0.4, 0.5) is 17.1 Å². The summed E-state index contributed by atoms with van der Waals surface area (Å²) >= 11 is 0. The Hall–Kier alpha value is -2.24. The van der Waals surface area contributed by atoms with Crippen molar-refractivity contribution in [2.45, 2.75) is 13.8 Å². The molecule has 0 bridgehead atoms. The van der Waals surface area contributed by atoms with Crippen LogP contribution in [0.5, 0.6) is 0 Å². The lowest BCUT2D eigenvalue weighted by Crippen LogP contribution is -2.20. The van der Waals surface area contributed by atoms with Gasteiger partial charge in [0.25, 0.3) is 5.69 Å². The fourth-order valence-corrected chi connectivity index (χ4v) is 1.38. The number of nitrogens with one attached hydrogen (secondary N) is 2. The van der Waals surface area contributed by atoms with E-state index in [1.807, 2.05) is 19.9 Å². The molecule has 6 heteroatoms. The van der Waals surface area contributed by atoms with Crippen molar-refractivity contribution in [3.63, 3.8) is 0 Å². The third-order valence-electron chi connectivity index (χ3n) is 2.52. The molecule has 0 amide bonds. The first-order valence-electron chi connectivity index (χ1n) is 5.69. The number of nitro benzene ring substituents is 1. The van der Waals surface area contributed by atoms with Crippen LogP contribution in [-0.2, 0) is 0 Å². The lowest BCUT2D eigenvalue weighted by atomic mass is 10.2. The Bertz CT molecular complexity index is 457. The Morgan fingerprint density at radius 3 is 2.78 bits per heavy atom. The molecular weight excluding hydrogens is 232 g/mol. The number of benzene rings is 1. The van der Waals surface area contributed by atoms with E-state index in [2.05, 4.69) is 10.6 Å². The van der Waals surface area contributed by atoms with Crippen molar-refractivity contribution in [3.05, 3.63) is 40.1 Å². The van der Waals surface area contributed by atoms with E-state index in [0.717, 1.165) is 12.2 Å². The third-order valence-corrected chi connectivity index (χ3v) is 2.52. The van der Waals surface area contributed by atoms with Crippen molar-refractivity contribution in [2.75, 3.05) is 24.1 Å². The Labute approximate surface area is 106 Å². The van der Waals surface area contributed by atoms with Gasteiger partial charge in [0, 0.05) is 30.9 Å². The second-order valence-electron chi connectivity index (χ2n) is 3.85. The standard InChI is InChI=1S/C12H18N4O2/c1-3-9(2)14-6-7-15-12-5-4-10(16(17)18)8-11(12)13/h3-5,8,14-15H,6-7,13H2,1-2H3/b9-3+. The summed E-state index contributed by atoms with van der Waals surface area (Å²) < 4.78 is 0. The number of rotatable bonds is 6. The molecule has 0 aromatic heterocycles. The minimum Gasteiger partial charge on any atom is -0.397 e. The molecule has 98 valence electrons. The van der Waals surface area contributed by atoms with Crippen LogP contribution >= 0.6 is 0 Å². The van der Waals surface area contributed by atoms with Crippen LogP contribution in [0.3, 0.4) is 0 Å². The quantitative estimate of drug-likeness (QED) is 0.311. The number of allylic oxidation sites excluding steroid dienone is 2. The molecule has 1 rings (SSSR count). The topological polar surface area (TPSA) is 93.2 Å². The molecule has 0 aliphatic carbocycles. The number of nitro groups is 1. The maximum Gasteiger partial charge on any atom is 0.271 e. The molecule has 1 aromatic rings. The first-order chi connectivity index (χ1) is 8.54. The SMILES string of the molecule is C/C=C(\C)NCCNc1ccc([N+](=O)[O-])cc1N. The van der Waals surface area contributed by atoms with Gasteiger partial charge >= 0.3 is 0 Å². The molecule has 0 heterocycles. The van der Waals surface area contributed by atoms with Gasteiger partial charge in [0.05, 0.1) is 16.3 Å². The van der Waals surface area contributed by atoms with Crippen LogP contribution < -0.4 is 16.4 Å². The molecule has 0 atom stereocenters. The molecule has 1 aromatic carbocycles. The molecule has 0 unspecified atom stereocenters. The van der Waals surface area contributed by atoms with Crippen molar-refractivity contribution in [1.82, 2.24) is 5.32 Å². The Kier molecular flexibility index (Phi) is 4.98. The van der Waals surface area contributed by atoms with Gasteiger partial charge in [0.1, 0.15) is 0 Å². The Morgan fingerprint density at radius 1 is 1.50 bits per heavy atom. The second kappa shape index (κ2) is 6.48. The van der Waals surface area contributed by atoms with Gasteiger partial charge in [-0.3, -0.25) is 10.1 Å². The maximum absolute atomic E-state index is 10.5. The largest absolute Gasteiger partial charge is 0.397 e. The van der Waals surface area contributed by atoms with Crippen LogP contribution in [-0.4, -0.2) is 18.0 Å². The molecular formula is C12H18N4O2. The fourth-order valence-electron chi connectivity index (χ4n) is 1.38. The van der Waals surface area contributed by atoms with Crippen LogP contribution in [0.2, 0.25) is 0 Å². The smallest absolute Gasteiger partial charge is 0.271 e. The number of non-ortho nitro benzene ring substituents is 1. The van der Waals surface area contributed by atoms with Gasteiger partial charge in [-0.05, 0) is 19.9 Å². The molecule has 0 saturated carbocycles. The summed E-state index contributed by atoms with van der Waals surface area (Å²) in [5.74, 6) is 0. The number of anilines is 2. The van der Waals surface area contributed by atoms with Crippen molar-refractivity contribution < 1.29 is 4.92 Å². The van der Waals surface area contributed by atoms with Gasteiger partial charge in [0.2, 0.25) is 0 Å². The second-order valence-corrected chi connectivity index (χ2v) is 3.85. The molecule has 0 saturated heterocycles. The summed E-state index contributed by atoms with van der Waals surface area (Å²) in [6, 6.07) is 4.41. The molecule has 0 radical (unpaired) electrons. The third kappa shape index (κ3) is 3.97. The van der Waals surface area contributed by atoms with E-state index < -0.39 is 4.92 Å². The minimum absolute atomic E-state index is 0.000866. The number of nitrogen functional groups attached to an aromatic ring is 1. The molecule has 18 heavy (non-hydrogen) atoms. The van der Waals surface area contributed by atoms with E-state index in [1.54, 1.807) is 6.07 Å². The van der Waals surface area contributed by atoms with Gasteiger partial charge in [-0.25, -0.2) is 0 Å². The van der Waals surface area contributed by atoms with Crippen LogP contribution in [0, 0.1) is 10.1 Å². The van der Waals surface area contributed by atoms with Crippen molar-refractivity contribution in [3.8, 4) is 0 Å². The Morgan fingerprint density at radius 2 is 2.22 bits per heavy atom. The minimum atomic E-state index is -0.461. The van der Waals surface area contributed by atoms with E-state index in [0.29, 0.717) is 17.9 Å². The van der Waals surface area contributed by atoms with Gasteiger partial charge in [-0.15, -0.1) is 0 Å². The van der Waals surface area contributed by atoms with E-state index in [9.17, 15) is 10.1 Å². The highest BCUT2D eigenvalue weighted by atomic mass is 16.6. The number of hydrogen-bond acceptors (Lipinski definition) is 5. The first-order valence-corrected chi connectivity index (χ1v) is 5.69. The van der Waals surface area contributed by atoms with E-state index in [4.69, 9.17) is 5.73 Å². The van der Waals surface area contributed by atoms with Crippen LogP contribution in [0.15, 0.2) is 30.0 Å². The number of hydrogen-bond donors (Lipinski definition) is 3. The summed E-state index contributed by atoms with van der Waals surface area (Å²) in [5, 5.41) is 16.9. The highest BCUT2D eigenvalue weighted by Crippen LogP contribution is 2.23. The summed E-state index contributed by atoms with van der Waals surface area (Å²) in [7, 11) is 0. The summed E-state index contributed by atoms with van der Waals surface area (Å²) in [5.41, 5.74) is 7.92. The van der Waals surface area contributed by atoms with Gasteiger partial charge < -0.3 is 16.4 Å². The van der Waals surface area contributed by atoms with E-state index in [1.165, 1.54) is 12.1 Å². The predicted octanol–water partition coefficient (Wildman–Crippen LogP) is 2.10. The molecule has 4 N–H and O–H groups in total. The van der Waals surface area contributed by atoms with Gasteiger partial charge in [0.15, 0.2) is 0 Å². The highest BCUT2D eigenvalue weighted by molar-refractivity contribution is 5.69. The molecule has 0 aliphatic heterocycles. The van der Waals surface area contributed by atoms with E-state index in [-0.39, 0.29) is 5.69 Å². The zero-order chi connectivity index (χ0) is 13.5. The van der Waals surface area contributed by atoms with Crippen LogP contribution in [0.1, 0.15) is 13.8 Å². The first kappa shape index (κ1) is 13.8. The maximum atomic E-state index is 10.5. The predicted molar refractivity (Wildman–Crippen MR) is 73.4 cm³/mol. The monoisotopic (exact) mass is 250 g/mol. The number of nitrogens with two attached hydrogens (primary N) is 1. The van der Waals surface area contributed by atoms with Crippen LogP contribution in [0.25, 0.3) is 0 Å². The lowest BCUT2D eigenvalue weighted by Gasteiger charge is -2.10. The fraction of sp³-hybridized carbons (Fsp3) is 0.333. The average molecular weight is 250 g/mol. The van der Waals surface area contributed by atoms with E-state index >= 15 is 0 Å². The lowest BCUT2D eigenvalue weighted by molar-refractivity contribution is -0.384. The Balaban J connectivity index is 2.51. The molecule has 0 spiro atoms. The summed E-state index contributed by atoms with van der Waals surface area (Å²) in [6.07, 6.45) is 1.99. The summed E-state index contributed by atoms with van der Waals surface area (Å²) in [6.45, 7) is 5.39.